The smallest absolute Gasteiger partial charge is 0.262 e. The lowest BCUT2D eigenvalue weighted by Gasteiger charge is -2.16. The summed E-state index contributed by atoms with van der Waals surface area (Å²) in [5.41, 5.74) is 2.80. The molecule has 156 valence electrons. The Kier molecular flexibility index (Phi) is 5.61. The molecule has 31 heavy (non-hydrogen) atoms. The average Bonchev–Trinajstić information content (AvgIpc) is 3.47. The Hall–Kier alpha value is -2.90. The summed E-state index contributed by atoms with van der Waals surface area (Å²) >= 11 is 3.21. The van der Waals surface area contributed by atoms with Crippen LogP contribution in [-0.2, 0) is 17.1 Å². The number of nitrogens with zero attached hydrogens (tertiary/aromatic N) is 3. The monoisotopic (exact) mass is 447 g/mol. The second-order valence-electron chi connectivity index (χ2n) is 7.49. The van der Waals surface area contributed by atoms with E-state index in [0.29, 0.717) is 24.1 Å². The van der Waals surface area contributed by atoms with Gasteiger partial charge in [0, 0.05) is 29.3 Å². The van der Waals surface area contributed by atoms with Crippen molar-refractivity contribution in [1.82, 2.24) is 9.55 Å². The lowest BCUT2D eigenvalue weighted by atomic mass is 10.2. The topological polar surface area (TPSA) is 55.2 Å². The Morgan fingerprint density at radius 2 is 1.84 bits per heavy atom. The lowest BCUT2D eigenvalue weighted by Crippen LogP contribution is -2.23. The van der Waals surface area contributed by atoms with E-state index < -0.39 is 0 Å². The zero-order valence-corrected chi connectivity index (χ0v) is 18.5. The number of para-hydroxylation sites is 1. The minimum absolute atomic E-state index is 0.00982. The number of rotatable bonds is 6. The molecule has 0 radical (unpaired) electrons. The van der Waals surface area contributed by atoms with Crippen molar-refractivity contribution in [3.05, 3.63) is 86.8 Å². The van der Waals surface area contributed by atoms with Crippen LogP contribution < -0.4 is 10.5 Å². The molecule has 1 fully saturated rings. The van der Waals surface area contributed by atoms with Crippen LogP contribution in [0, 0.1) is 0 Å². The van der Waals surface area contributed by atoms with Crippen LogP contribution in [0.2, 0.25) is 0 Å². The predicted molar refractivity (Wildman–Crippen MR) is 127 cm³/mol. The summed E-state index contributed by atoms with van der Waals surface area (Å²) in [6.45, 7) is 1.32. The van der Waals surface area contributed by atoms with Crippen molar-refractivity contribution in [1.29, 1.82) is 0 Å². The molecule has 0 spiro atoms. The first kappa shape index (κ1) is 20.0. The third kappa shape index (κ3) is 4.16. The number of aromatic nitrogens is 2. The number of thiophene rings is 1. The molecule has 1 aliphatic heterocycles. The van der Waals surface area contributed by atoms with E-state index >= 15 is 0 Å². The maximum absolute atomic E-state index is 13.2. The zero-order chi connectivity index (χ0) is 21.2. The van der Waals surface area contributed by atoms with Gasteiger partial charge in [0.25, 0.3) is 5.56 Å². The van der Waals surface area contributed by atoms with E-state index in [1.165, 1.54) is 0 Å². The van der Waals surface area contributed by atoms with Gasteiger partial charge in [-0.2, -0.15) is 0 Å². The van der Waals surface area contributed by atoms with Gasteiger partial charge < -0.3 is 4.90 Å². The van der Waals surface area contributed by atoms with E-state index in [1.54, 1.807) is 27.7 Å². The highest BCUT2D eigenvalue weighted by Crippen LogP contribution is 2.26. The molecule has 4 aromatic rings. The van der Waals surface area contributed by atoms with Crippen LogP contribution in [-0.4, -0.2) is 22.0 Å². The summed E-state index contributed by atoms with van der Waals surface area (Å²) in [4.78, 5) is 32.9. The van der Waals surface area contributed by atoms with Crippen LogP contribution >= 0.6 is 23.1 Å². The Morgan fingerprint density at radius 1 is 1.00 bits per heavy atom. The van der Waals surface area contributed by atoms with Crippen molar-refractivity contribution in [3.63, 3.8) is 0 Å². The van der Waals surface area contributed by atoms with Gasteiger partial charge in [-0.25, -0.2) is 4.98 Å². The van der Waals surface area contributed by atoms with Crippen LogP contribution in [0.5, 0.6) is 0 Å². The largest absolute Gasteiger partial charge is 0.312 e. The molecular formula is C24H21N3O2S2. The second kappa shape index (κ2) is 8.69. The van der Waals surface area contributed by atoms with Gasteiger partial charge in [0.2, 0.25) is 5.91 Å². The third-order valence-corrected chi connectivity index (χ3v) is 7.32. The lowest BCUT2D eigenvalue weighted by molar-refractivity contribution is -0.117. The molecule has 0 unspecified atom stereocenters. The number of benzene rings is 2. The van der Waals surface area contributed by atoms with Gasteiger partial charge in [0.1, 0.15) is 0 Å². The molecule has 3 heterocycles. The SMILES string of the molecule is O=C1CCCN1c1ccc(CSc2nc3ccccc3c(=O)n2Cc2cccs2)cc1. The normalized spacial score (nSPS) is 13.9. The van der Waals surface area contributed by atoms with Crippen LogP contribution in [0.4, 0.5) is 5.69 Å². The molecule has 0 saturated carbocycles. The molecule has 0 N–H and O–H groups in total. The summed E-state index contributed by atoms with van der Waals surface area (Å²) in [5, 5.41) is 3.38. The number of hydrogen-bond donors (Lipinski definition) is 0. The van der Waals surface area contributed by atoms with E-state index in [2.05, 4.69) is 12.1 Å². The molecular weight excluding hydrogens is 426 g/mol. The van der Waals surface area contributed by atoms with Crippen molar-refractivity contribution < 1.29 is 4.79 Å². The van der Waals surface area contributed by atoms with Crippen LogP contribution in [0.25, 0.3) is 10.9 Å². The fraction of sp³-hybridized carbons (Fsp3) is 0.208. The predicted octanol–water partition coefficient (Wildman–Crippen LogP) is 4.93. The minimum atomic E-state index is -0.00982. The van der Waals surface area contributed by atoms with Gasteiger partial charge in [0.05, 0.1) is 17.4 Å². The fourth-order valence-electron chi connectivity index (χ4n) is 3.80. The van der Waals surface area contributed by atoms with Gasteiger partial charge in [-0.15, -0.1) is 11.3 Å². The highest BCUT2D eigenvalue weighted by molar-refractivity contribution is 7.98. The van der Waals surface area contributed by atoms with E-state index in [0.717, 1.165) is 39.8 Å². The second-order valence-corrected chi connectivity index (χ2v) is 9.46. The summed E-state index contributed by atoms with van der Waals surface area (Å²) in [6.07, 6.45) is 1.55. The van der Waals surface area contributed by atoms with Crippen molar-refractivity contribution in [2.75, 3.05) is 11.4 Å². The maximum atomic E-state index is 13.2. The summed E-state index contributed by atoms with van der Waals surface area (Å²) < 4.78 is 1.77. The fourth-order valence-corrected chi connectivity index (χ4v) is 5.44. The Labute approximate surface area is 188 Å². The van der Waals surface area contributed by atoms with Crippen LogP contribution in [0.1, 0.15) is 23.3 Å². The van der Waals surface area contributed by atoms with Crippen molar-refractivity contribution in [2.24, 2.45) is 0 Å². The molecule has 7 heteroatoms. The van der Waals surface area contributed by atoms with E-state index in [-0.39, 0.29) is 11.5 Å². The minimum Gasteiger partial charge on any atom is -0.312 e. The number of fused-ring (bicyclic) bond motifs is 1. The Balaban J connectivity index is 1.41. The number of carbonyl (C=O) groups is 1. The molecule has 1 amide bonds. The molecule has 2 aromatic carbocycles. The quantitative estimate of drug-likeness (QED) is 0.311. The summed E-state index contributed by atoms with van der Waals surface area (Å²) in [6, 6.07) is 19.7. The number of anilines is 1. The van der Waals surface area contributed by atoms with Gasteiger partial charge >= 0.3 is 0 Å². The maximum Gasteiger partial charge on any atom is 0.262 e. The standard InChI is InChI=1S/C24H21N3O2S2/c28-22-8-3-13-26(22)18-11-9-17(10-12-18)16-31-24-25-21-7-2-1-6-20(21)23(29)27(24)15-19-5-4-14-30-19/h1-2,4-7,9-12,14H,3,8,13,15-16H2. The molecule has 1 aliphatic rings. The van der Waals surface area contributed by atoms with Crippen LogP contribution in [0.3, 0.4) is 0 Å². The van der Waals surface area contributed by atoms with Crippen molar-refractivity contribution in [3.8, 4) is 0 Å². The molecule has 0 bridgehead atoms. The molecule has 5 rings (SSSR count). The number of amides is 1. The van der Waals surface area contributed by atoms with Crippen LogP contribution in [0.15, 0.2) is 76.0 Å². The van der Waals surface area contributed by atoms with Gasteiger partial charge in [0.15, 0.2) is 5.16 Å². The van der Waals surface area contributed by atoms with Gasteiger partial charge in [-0.1, -0.05) is 42.1 Å². The average molecular weight is 448 g/mol. The molecule has 5 nitrogen and oxygen atoms in total. The van der Waals surface area contributed by atoms with Crippen molar-refractivity contribution >= 4 is 45.6 Å². The summed E-state index contributed by atoms with van der Waals surface area (Å²) in [5.74, 6) is 0.892. The Morgan fingerprint density at radius 3 is 2.58 bits per heavy atom. The highest BCUT2D eigenvalue weighted by atomic mass is 32.2. The first-order valence-electron chi connectivity index (χ1n) is 10.2. The van der Waals surface area contributed by atoms with E-state index in [4.69, 9.17) is 4.98 Å². The molecule has 0 atom stereocenters. The van der Waals surface area contributed by atoms with Gasteiger partial charge in [-0.05, 0) is 47.7 Å². The number of hydrogen-bond acceptors (Lipinski definition) is 5. The van der Waals surface area contributed by atoms with E-state index in [9.17, 15) is 9.59 Å². The number of thioether (sulfide) groups is 1. The molecule has 0 aliphatic carbocycles. The molecule has 1 saturated heterocycles. The summed E-state index contributed by atoms with van der Waals surface area (Å²) in [7, 11) is 0. The van der Waals surface area contributed by atoms with Gasteiger partial charge in [-0.3, -0.25) is 14.2 Å². The van der Waals surface area contributed by atoms with Crippen molar-refractivity contribution in [2.45, 2.75) is 30.3 Å². The Bertz CT molecular complexity index is 1280. The first-order valence-corrected chi connectivity index (χ1v) is 12.1. The zero-order valence-electron chi connectivity index (χ0n) is 16.9. The first-order chi connectivity index (χ1) is 15.2. The van der Waals surface area contributed by atoms with E-state index in [1.807, 2.05) is 58.8 Å². The molecule has 2 aromatic heterocycles. The third-order valence-electron chi connectivity index (χ3n) is 5.41. The highest BCUT2D eigenvalue weighted by Gasteiger charge is 2.21. The number of carbonyl (C=O) groups excluding carboxylic acids is 1.